The van der Waals surface area contributed by atoms with Crippen molar-refractivity contribution in [3.05, 3.63) is 65.9 Å². The van der Waals surface area contributed by atoms with Crippen LogP contribution in [0.1, 0.15) is 28.9 Å². The summed E-state index contributed by atoms with van der Waals surface area (Å²) in [6.07, 6.45) is 5.61. The maximum Gasteiger partial charge on any atom is 0.274 e. The number of carbonyl (C=O) groups is 1. The van der Waals surface area contributed by atoms with E-state index in [0.29, 0.717) is 25.4 Å². The molecule has 1 fully saturated rings. The van der Waals surface area contributed by atoms with Gasteiger partial charge >= 0.3 is 0 Å². The highest BCUT2D eigenvalue weighted by atomic mass is 19.1. The van der Waals surface area contributed by atoms with Gasteiger partial charge in [-0.25, -0.2) is 9.37 Å². The van der Waals surface area contributed by atoms with Crippen LogP contribution < -0.4 is 4.74 Å². The molecular formula is C21H22FN3O2. The van der Waals surface area contributed by atoms with Crippen molar-refractivity contribution in [1.82, 2.24) is 14.3 Å². The van der Waals surface area contributed by atoms with E-state index in [-0.39, 0.29) is 23.4 Å². The molecule has 5 nitrogen and oxygen atoms in total. The Morgan fingerprint density at radius 1 is 1.26 bits per heavy atom. The number of carbonyl (C=O) groups excluding carboxylic acids is 1. The lowest BCUT2D eigenvalue weighted by Crippen LogP contribution is -2.41. The molecule has 6 heteroatoms. The molecule has 27 heavy (non-hydrogen) atoms. The van der Waals surface area contributed by atoms with Crippen LogP contribution in [0.3, 0.4) is 0 Å². The van der Waals surface area contributed by atoms with Crippen molar-refractivity contribution >= 4 is 11.6 Å². The standard InChI is InChI=1S/C21H22FN3O2/c1-15-8-9-20-23-18(13-25(20)11-15)21(26)24-10-4-5-16(12-24)14-27-19-7-3-2-6-17(19)22/h2-3,6-9,11,13,16H,4-5,10,12,14H2,1H3/t16-/m0/s1. The number of ether oxygens (including phenoxy) is 1. The molecule has 3 heterocycles. The number of para-hydroxylation sites is 1. The molecule has 0 spiro atoms. The van der Waals surface area contributed by atoms with Crippen molar-refractivity contribution in [2.45, 2.75) is 19.8 Å². The van der Waals surface area contributed by atoms with E-state index in [2.05, 4.69) is 4.98 Å². The molecule has 0 saturated carbocycles. The van der Waals surface area contributed by atoms with Gasteiger partial charge in [0, 0.05) is 31.4 Å². The van der Waals surface area contributed by atoms with Crippen LogP contribution in [0.15, 0.2) is 48.8 Å². The van der Waals surface area contributed by atoms with Gasteiger partial charge < -0.3 is 14.0 Å². The third-order valence-corrected chi connectivity index (χ3v) is 4.94. The van der Waals surface area contributed by atoms with Gasteiger partial charge in [0.1, 0.15) is 11.3 Å². The summed E-state index contributed by atoms with van der Waals surface area (Å²) < 4.78 is 21.2. The topological polar surface area (TPSA) is 46.8 Å². The Morgan fingerprint density at radius 2 is 2.11 bits per heavy atom. The fourth-order valence-corrected chi connectivity index (χ4v) is 3.52. The summed E-state index contributed by atoms with van der Waals surface area (Å²) in [5.41, 5.74) is 2.33. The Labute approximate surface area is 157 Å². The monoisotopic (exact) mass is 367 g/mol. The zero-order chi connectivity index (χ0) is 18.8. The molecule has 0 bridgehead atoms. The SMILES string of the molecule is Cc1ccc2nc(C(=O)N3CCC[C@H](COc4ccccc4F)C3)cn2c1. The molecule has 0 N–H and O–H groups in total. The van der Waals surface area contributed by atoms with Crippen LogP contribution in [-0.2, 0) is 0 Å². The van der Waals surface area contributed by atoms with Crippen LogP contribution in [0.4, 0.5) is 4.39 Å². The predicted molar refractivity (Wildman–Crippen MR) is 100 cm³/mol. The lowest BCUT2D eigenvalue weighted by atomic mass is 9.98. The summed E-state index contributed by atoms with van der Waals surface area (Å²) in [4.78, 5) is 19.2. The number of hydrogen-bond acceptors (Lipinski definition) is 3. The molecule has 1 aliphatic heterocycles. The van der Waals surface area contributed by atoms with Gasteiger partial charge in [0.15, 0.2) is 11.6 Å². The number of rotatable bonds is 4. The molecule has 3 aromatic rings. The van der Waals surface area contributed by atoms with E-state index in [1.165, 1.54) is 6.07 Å². The number of amides is 1. The van der Waals surface area contributed by atoms with Gasteiger partial charge in [-0.05, 0) is 43.5 Å². The summed E-state index contributed by atoms with van der Waals surface area (Å²) in [6, 6.07) is 10.3. The van der Waals surface area contributed by atoms with Gasteiger partial charge in [0.05, 0.1) is 6.61 Å². The van der Waals surface area contributed by atoms with Crippen molar-refractivity contribution in [1.29, 1.82) is 0 Å². The van der Waals surface area contributed by atoms with E-state index in [4.69, 9.17) is 4.74 Å². The molecule has 140 valence electrons. The minimum absolute atomic E-state index is 0.0630. The Bertz CT molecular complexity index is 969. The van der Waals surface area contributed by atoms with E-state index in [1.807, 2.05) is 34.6 Å². The summed E-state index contributed by atoms with van der Waals surface area (Å²) in [5, 5.41) is 0. The summed E-state index contributed by atoms with van der Waals surface area (Å²) in [7, 11) is 0. The summed E-state index contributed by atoms with van der Waals surface area (Å²) in [5.74, 6) is 0.0198. The fourth-order valence-electron chi connectivity index (χ4n) is 3.52. The number of piperidine rings is 1. The van der Waals surface area contributed by atoms with Crippen LogP contribution in [0.25, 0.3) is 5.65 Å². The normalized spacial score (nSPS) is 17.3. The van der Waals surface area contributed by atoms with Crippen molar-refractivity contribution in [3.63, 3.8) is 0 Å². The lowest BCUT2D eigenvalue weighted by Gasteiger charge is -2.32. The van der Waals surface area contributed by atoms with Crippen molar-refractivity contribution in [2.24, 2.45) is 5.92 Å². The second kappa shape index (κ2) is 7.39. The second-order valence-corrected chi connectivity index (χ2v) is 7.10. The first-order valence-corrected chi connectivity index (χ1v) is 9.22. The smallest absolute Gasteiger partial charge is 0.274 e. The van der Waals surface area contributed by atoms with Crippen LogP contribution in [0, 0.1) is 18.7 Å². The number of nitrogens with zero attached hydrogens (tertiary/aromatic N) is 3. The summed E-state index contributed by atoms with van der Waals surface area (Å²) in [6.45, 7) is 3.71. The number of pyridine rings is 1. The van der Waals surface area contributed by atoms with Crippen LogP contribution in [0.5, 0.6) is 5.75 Å². The molecule has 2 aromatic heterocycles. The molecule has 1 aromatic carbocycles. The number of halogens is 1. The molecule has 4 rings (SSSR count). The molecule has 1 aliphatic rings. The predicted octanol–water partition coefficient (Wildman–Crippen LogP) is 3.71. The molecule has 0 radical (unpaired) electrons. The van der Waals surface area contributed by atoms with Crippen molar-refractivity contribution in [3.8, 4) is 5.75 Å². The van der Waals surface area contributed by atoms with Gasteiger partial charge in [-0.3, -0.25) is 4.79 Å². The lowest BCUT2D eigenvalue weighted by molar-refractivity contribution is 0.0626. The van der Waals surface area contributed by atoms with E-state index in [0.717, 1.165) is 24.1 Å². The van der Waals surface area contributed by atoms with Crippen molar-refractivity contribution < 1.29 is 13.9 Å². The average Bonchev–Trinajstić information content (AvgIpc) is 3.10. The highest BCUT2D eigenvalue weighted by Crippen LogP contribution is 2.22. The Kier molecular flexibility index (Phi) is 4.79. The van der Waals surface area contributed by atoms with Crippen LogP contribution in [-0.4, -0.2) is 39.9 Å². The summed E-state index contributed by atoms with van der Waals surface area (Å²) >= 11 is 0. The number of aromatic nitrogens is 2. The van der Waals surface area contributed by atoms with Gasteiger partial charge in [0.2, 0.25) is 0 Å². The number of hydrogen-bond donors (Lipinski definition) is 0. The molecule has 1 atom stereocenters. The first-order valence-electron chi connectivity index (χ1n) is 9.22. The average molecular weight is 367 g/mol. The minimum Gasteiger partial charge on any atom is -0.490 e. The zero-order valence-electron chi connectivity index (χ0n) is 15.3. The van der Waals surface area contributed by atoms with Crippen LogP contribution in [0.2, 0.25) is 0 Å². The first kappa shape index (κ1) is 17.5. The Morgan fingerprint density at radius 3 is 2.96 bits per heavy atom. The van der Waals surface area contributed by atoms with Crippen LogP contribution >= 0.6 is 0 Å². The van der Waals surface area contributed by atoms with E-state index in [1.54, 1.807) is 24.4 Å². The second-order valence-electron chi connectivity index (χ2n) is 7.10. The fraction of sp³-hybridized carbons (Fsp3) is 0.333. The Balaban J connectivity index is 1.42. The number of aryl methyl sites for hydroxylation is 1. The van der Waals surface area contributed by atoms with Gasteiger partial charge in [-0.15, -0.1) is 0 Å². The molecule has 1 saturated heterocycles. The minimum atomic E-state index is -0.360. The third kappa shape index (κ3) is 3.79. The first-order chi connectivity index (χ1) is 13.1. The van der Waals surface area contributed by atoms with Gasteiger partial charge in [0.25, 0.3) is 5.91 Å². The largest absolute Gasteiger partial charge is 0.490 e. The number of fused-ring (bicyclic) bond motifs is 1. The highest BCUT2D eigenvalue weighted by molar-refractivity contribution is 5.93. The van der Waals surface area contributed by atoms with Crippen molar-refractivity contribution in [2.75, 3.05) is 19.7 Å². The van der Waals surface area contributed by atoms with Gasteiger partial charge in [-0.2, -0.15) is 0 Å². The van der Waals surface area contributed by atoms with Gasteiger partial charge in [-0.1, -0.05) is 18.2 Å². The quantitative estimate of drug-likeness (QED) is 0.706. The van der Waals surface area contributed by atoms with E-state index >= 15 is 0 Å². The number of likely N-dealkylation sites (tertiary alicyclic amines) is 1. The number of imidazole rings is 1. The zero-order valence-corrected chi connectivity index (χ0v) is 15.3. The van der Waals surface area contributed by atoms with E-state index < -0.39 is 0 Å². The third-order valence-electron chi connectivity index (χ3n) is 4.94. The molecule has 1 amide bonds. The van der Waals surface area contributed by atoms with E-state index in [9.17, 15) is 9.18 Å². The maximum atomic E-state index is 13.7. The Hall–Kier alpha value is -2.89. The highest BCUT2D eigenvalue weighted by Gasteiger charge is 2.26. The molecule has 0 unspecified atom stereocenters. The number of benzene rings is 1. The molecular weight excluding hydrogens is 345 g/mol. The maximum absolute atomic E-state index is 13.7. The molecule has 0 aliphatic carbocycles.